The van der Waals surface area contributed by atoms with Gasteiger partial charge in [0.25, 0.3) is 0 Å². The number of carboxylic acids is 2. The fraction of sp³-hybridized carbons (Fsp3) is 0. The van der Waals surface area contributed by atoms with Gasteiger partial charge < -0.3 is 13.1 Å². The molecule has 0 saturated heterocycles. The van der Waals surface area contributed by atoms with Crippen LogP contribution in [0, 0.1) is 0 Å². The molecular formula is C2H4CaO4. The average Bonchev–Trinajstić information content (AvgIpc) is 1.36. The zero-order valence-corrected chi connectivity index (χ0v) is 5.63. The van der Waals surface area contributed by atoms with E-state index in [-0.39, 0.29) is 40.6 Å². The first kappa shape index (κ1) is 10.2. The van der Waals surface area contributed by atoms with Gasteiger partial charge in [0.2, 0.25) is 0 Å². The summed E-state index contributed by atoms with van der Waals surface area (Å²) in [6.45, 7) is 0. The summed E-state index contributed by atoms with van der Waals surface area (Å²) < 4.78 is 0. The molecule has 0 saturated carbocycles. The third-order valence-corrected chi connectivity index (χ3v) is 0.183. The monoisotopic (exact) mass is 132 g/mol. The summed E-state index contributed by atoms with van der Waals surface area (Å²) in [6, 6.07) is 0. The summed E-state index contributed by atoms with van der Waals surface area (Å²) in [7, 11) is 0. The molecule has 0 fully saturated rings. The molecule has 2 N–H and O–H groups in total. The summed E-state index contributed by atoms with van der Waals surface area (Å²) in [5.74, 6) is -3.65. The molecule has 0 heterocycles. The Hall–Kier alpha value is 0.200. The fourth-order valence-electron chi connectivity index (χ4n) is 0. The number of carboxylic acid groups (broad SMARTS) is 2. The normalized spacial score (nSPS) is 6.29. The summed E-state index contributed by atoms with van der Waals surface area (Å²) >= 11 is 0. The van der Waals surface area contributed by atoms with E-state index in [1.807, 2.05) is 0 Å². The van der Waals surface area contributed by atoms with Crippen molar-refractivity contribution in [2.75, 3.05) is 0 Å². The average molecular weight is 132 g/mol. The van der Waals surface area contributed by atoms with Gasteiger partial charge in [-0.1, -0.05) is 0 Å². The maximum atomic E-state index is 9.10. The smallest absolute Gasteiger partial charge is 1.00 e. The fourth-order valence-corrected chi connectivity index (χ4v) is 0. The van der Waals surface area contributed by atoms with Gasteiger partial charge in [-0.05, 0) is 0 Å². The minimum atomic E-state index is -1.82. The van der Waals surface area contributed by atoms with Crippen molar-refractivity contribution in [2.45, 2.75) is 0 Å². The van der Waals surface area contributed by atoms with Gasteiger partial charge in [0.15, 0.2) is 0 Å². The van der Waals surface area contributed by atoms with E-state index in [4.69, 9.17) is 19.8 Å². The van der Waals surface area contributed by atoms with Crippen LogP contribution in [0.2, 0.25) is 0 Å². The maximum absolute atomic E-state index is 9.10. The van der Waals surface area contributed by atoms with Crippen molar-refractivity contribution in [3.63, 3.8) is 0 Å². The first-order valence-corrected chi connectivity index (χ1v) is 1.11. The topological polar surface area (TPSA) is 74.6 Å². The molecule has 0 atom stereocenters. The van der Waals surface area contributed by atoms with Crippen LogP contribution in [0.5, 0.6) is 0 Å². The van der Waals surface area contributed by atoms with Crippen LogP contribution in [-0.2, 0) is 9.59 Å². The van der Waals surface area contributed by atoms with Gasteiger partial charge >= 0.3 is 49.7 Å². The molecule has 0 rings (SSSR count). The third-order valence-electron chi connectivity index (χ3n) is 0.183. The zero-order valence-electron chi connectivity index (χ0n) is 5.42. The van der Waals surface area contributed by atoms with Crippen LogP contribution in [0.1, 0.15) is 2.85 Å². The first-order chi connectivity index (χ1) is 2.64. The van der Waals surface area contributed by atoms with Crippen LogP contribution in [0.3, 0.4) is 0 Å². The molecule has 0 aliphatic rings. The molecule has 0 aromatic carbocycles. The molecule has 0 amide bonds. The van der Waals surface area contributed by atoms with E-state index in [0.717, 1.165) is 0 Å². The van der Waals surface area contributed by atoms with E-state index >= 15 is 0 Å². The molecule has 0 spiro atoms. The minimum Gasteiger partial charge on any atom is -1.00 e. The molecule has 0 unspecified atom stereocenters. The Kier molecular flexibility index (Phi) is 6.38. The minimum absolute atomic E-state index is 0. The van der Waals surface area contributed by atoms with Crippen LogP contribution in [-0.4, -0.2) is 59.9 Å². The van der Waals surface area contributed by atoms with Gasteiger partial charge in [-0.25, -0.2) is 9.59 Å². The van der Waals surface area contributed by atoms with E-state index in [1.165, 1.54) is 0 Å². The van der Waals surface area contributed by atoms with Crippen molar-refractivity contribution in [3.05, 3.63) is 0 Å². The number of hydrogen-bond acceptors (Lipinski definition) is 2. The van der Waals surface area contributed by atoms with E-state index < -0.39 is 11.9 Å². The van der Waals surface area contributed by atoms with Crippen molar-refractivity contribution in [2.24, 2.45) is 0 Å². The van der Waals surface area contributed by atoms with Crippen LogP contribution >= 0.6 is 0 Å². The molecular weight excluding hydrogens is 128 g/mol. The maximum Gasteiger partial charge on any atom is 2.00 e. The molecule has 0 radical (unpaired) electrons. The van der Waals surface area contributed by atoms with Gasteiger partial charge in [-0.3, -0.25) is 0 Å². The van der Waals surface area contributed by atoms with Crippen molar-refractivity contribution < 1.29 is 22.7 Å². The van der Waals surface area contributed by atoms with Crippen molar-refractivity contribution in [3.8, 4) is 0 Å². The van der Waals surface area contributed by atoms with Gasteiger partial charge in [-0.2, -0.15) is 0 Å². The Morgan fingerprint density at radius 3 is 1.29 bits per heavy atom. The molecule has 0 aliphatic carbocycles. The van der Waals surface area contributed by atoms with Crippen LogP contribution in [0.25, 0.3) is 0 Å². The number of hydrogen-bond donors (Lipinski definition) is 2. The van der Waals surface area contributed by atoms with Gasteiger partial charge in [0, 0.05) is 0 Å². The molecule has 0 aromatic heterocycles. The van der Waals surface area contributed by atoms with Crippen LogP contribution in [0.4, 0.5) is 0 Å². The zero-order chi connectivity index (χ0) is 5.15. The number of aliphatic carboxylic acids is 2. The predicted octanol–water partition coefficient (Wildman–Crippen LogP) is -1.00. The Morgan fingerprint density at radius 2 is 1.29 bits per heavy atom. The van der Waals surface area contributed by atoms with Gasteiger partial charge in [0.1, 0.15) is 0 Å². The molecule has 5 heteroatoms. The Balaban J connectivity index is -0.0000000417. The molecule has 0 aromatic rings. The number of carbonyl (C=O) groups is 2. The van der Waals surface area contributed by atoms with Crippen LogP contribution < -0.4 is 0 Å². The second-order valence-corrected chi connectivity index (χ2v) is 0.610. The largest absolute Gasteiger partial charge is 2.00 e. The van der Waals surface area contributed by atoms with Crippen molar-refractivity contribution in [1.29, 1.82) is 0 Å². The second kappa shape index (κ2) is 4.36. The molecule has 4 nitrogen and oxygen atoms in total. The molecule has 0 bridgehead atoms. The van der Waals surface area contributed by atoms with Crippen molar-refractivity contribution >= 4 is 49.7 Å². The summed E-state index contributed by atoms with van der Waals surface area (Å²) in [4.78, 5) is 18.2. The molecule has 7 heavy (non-hydrogen) atoms. The second-order valence-electron chi connectivity index (χ2n) is 0.610. The van der Waals surface area contributed by atoms with E-state index in [0.29, 0.717) is 0 Å². The van der Waals surface area contributed by atoms with Gasteiger partial charge in [-0.15, -0.1) is 0 Å². The summed E-state index contributed by atoms with van der Waals surface area (Å²) in [6.07, 6.45) is 0. The Bertz CT molecular complexity index is 82.6. The molecule has 38 valence electrons. The summed E-state index contributed by atoms with van der Waals surface area (Å²) in [5, 5.41) is 14.8. The Labute approximate surface area is 72.1 Å². The SMILES string of the molecule is O=C(O)C(=O)O.[Ca+2].[H-].[H-]. The van der Waals surface area contributed by atoms with Gasteiger partial charge in [0.05, 0.1) is 0 Å². The quantitative estimate of drug-likeness (QED) is 0.327. The summed E-state index contributed by atoms with van der Waals surface area (Å²) in [5.41, 5.74) is 0. The van der Waals surface area contributed by atoms with Crippen molar-refractivity contribution in [1.82, 2.24) is 0 Å². The third kappa shape index (κ3) is 6.20. The van der Waals surface area contributed by atoms with Crippen LogP contribution in [0.15, 0.2) is 0 Å². The molecule has 0 aliphatic heterocycles. The number of rotatable bonds is 0. The Morgan fingerprint density at radius 1 is 1.14 bits per heavy atom. The van der Waals surface area contributed by atoms with E-state index in [9.17, 15) is 0 Å². The predicted molar refractivity (Wildman–Crippen MR) is 23.2 cm³/mol. The van der Waals surface area contributed by atoms with E-state index in [1.54, 1.807) is 0 Å². The first-order valence-electron chi connectivity index (χ1n) is 1.11. The standard InChI is InChI=1S/C2H2O4.Ca.2H/c3-1(4)2(5)6;;;/h(H,3,4)(H,5,6);;;/q;+2;2*-1. The van der Waals surface area contributed by atoms with E-state index in [2.05, 4.69) is 0 Å².